The van der Waals surface area contributed by atoms with Crippen molar-refractivity contribution in [1.29, 1.82) is 0 Å². The van der Waals surface area contributed by atoms with Crippen LogP contribution in [0.4, 0.5) is 4.39 Å². The zero-order chi connectivity index (χ0) is 12.3. The van der Waals surface area contributed by atoms with Crippen molar-refractivity contribution in [2.45, 2.75) is 25.7 Å². The third-order valence-corrected chi connectivity index (χ3v) is 3.11. The smallest absolute Gasteiger partial charge is 0.323 e. The Morgan fingerprint density at radius 2 is 2.18 bits per heavy atom. The van der Waals surface area contributed by atoms with E-state index in [9.17, 15) is 9.18 Å². The molecule has 0 spiro atoms. The maximum atomic E-state index is 13.2. The highest BCUT2D eigenvalue weighted by molar-refractivity contribution is 5.76. The average Bonchev–Trinajstić information content (AvgIpc) is 2.69. The molecule has 1 N–H and O–H groups in total. The summed E-state index contributed by atoms with van der Waals surface area (Å²) in [6.07, 6.45) is -0.968. The number of carbonyl (C=O) groups excluding carboxylic acids is 1. The first-order valence-corrected chi connectivity index (χ1v) is 5.76. The maximum Gasteiger partial charge on any atom is 0.323 e. The number of esters is 1. The molecule has 0 bridgehead atoms. The fourth-order valence-electron chi connectivity index (χ4n) is 1.94. The second kappa shape index (κ2) is 5.27. The van der Waals surface area contributed by atoms with E-state index in [0.717, 1.165) is 5.56 Å². The van der Waals surface area contributed by atoms with Crippen LogP contribution in [0.1, 0.15) is 12.5 Å². The van der Waals surface area contributed by atoms with Gasteiger partial charge in [-0.05, 0) is 5.56 Å². The Balaban J connectivity index is 1.86. The van der Waals surface area contributed by atoms with E-state index in [0.29, 0.717) is 0 Å². The summed E-state index contributed by atoms with van der Waals surface area (Å²) in [6.45, 7) is 2.19. The van der Waals surface area contributed by atoms with Gasteiger partial charge in [0.15, 0.2) is 0 Å². The fourth-order valence-corrected chi connectivity index (χ4v) is 1.94. The Hall–Kier alpha value is -1.42. The van der Waals surface area contributed by atoms with Crippen molar-refractivity contribution in [3.63, 3.8) is 0 Å². The molecule has 1 fully saturated rings. The molecule has 1 aliphatic heterocycles. The Labute approximate surface area is 100.0 Å². The van der Waals surface area contributed by atoms with E-state index in [1.807, 2.05) is 30.3 Å². The minimum Gasteiger partial charge on any atom is -0.460 e. The summed E-state index contributed by atoms with van der Waals surface area (Å²) < 4.78 is 18.4. The Kier molecular flexibility index (Phi) is 3.74. The molecule has 17 heavy (non-hydrogen) atoms. The molecule has 1 aliphatic rings. The molecule has 0 aliphatic carbocycles. The third-order valence-electron chi connectivity index (χ3n) is 3.11. The summed E-state index contributed by atoms with van der Waals surface area (Å²) in [5, 5.41) is 2.84. The fraction of sp³-hybridized carbons (Fsp3) is 0.462. The van der Waals surface area contributed by atoms with Crippen molar-refractivity contribution in [2.24, 2.45) is 5.92 Å². The van der Waals surface area contributed by atoms with Crippen molar-refractivity contribution in [2.75, 3.05) is 6.54 Å². The SMILES string of the molecule is CC1C(F)CNC1C(=O)OCc1ccccc1. The highest BCUT2D eigenvalue weighted by Crippen LogP contribution is 2.19. The first-order valence-electron chi connectivity index (χ1n) is 5.76. The van der Waals surface area contributed by atoms with Crippen LogP contribution in [0.15, 0.2) is 30.3 Å². The number of benzene rings is 1. The van der Waals surface area contributed by atoms with Crippen LogP contribution in [0.3, 0.4) is 0 Å². The molecule has 1 aromatic rings. The van der Waals surface area contributed by atoms with Gasteiger partial charge in [0.1, 0.15) is 18.8 Å². The molecule has 1 heterocycles. The first kappa shape index (κ1) is 12.0. The molecule has 3 atom stereocenters. The third kappa shape index (κ3) is 2.82. The van der Waals surface area contributed by atoms with Crippen molar-refractivity contribution in [3.8, 4) is 0 Å². The lowest BCUT2D eigenvalue weighted by Gasteiger charge is -2.15. The molecule has 2 rings (SSSR count). The molecule has 0 aromatic heterocycles. The molecule has 3 unspecified atom stereocenters. The van der Waals surface area contributed by atoms with Gasteiger partial charge < -0.3 is 10.1 Å². The summed E-state index contributed by atoms with van der Waals surface area (Å²) in [7, 11) is 0. The van der Waals surface area contributed by atoms with Crippen molar-refractivity contribution < 1.29 is 13.9 Å². The predicted molar refractivity (Wildman–Crippen MR) is 62.1 cm³/mol. The highest BCUT2D eigenvalue weighted by atomic mass is 19.1. The van der Waals surface area contributed by atoms with Crippen LogP contribution in [0.5, 0.6) is 0 Å². The number of rotatable bonds is 3. The highest BCUT2D eigenvalue weighted by Gasteiger charge is 2.38. The molecule has 4 heteroatoms. The number of nitrogens with one attached hydrogen (secondary N) is 1. The molecule has 3 nitrogen and oxygen atoms in total. The van der Waals surface area contributed by atoms with Gasteiger partial charge in [0, 0.05) is 12.5 Å². The maximum absolute atomic E-state index is 13.2. The van der Waals surface area contributed by atoms with Gasteiger partial charge in [-0.3, -0.25) is 4.79 Å². The lowest BCUT2D eigenvalue weighted by Crippen LogP contribution is -2.36. The van der Waals surface area contributed by atoms with Crippen LogP contribution in [0.2, 0.25) is 0 Å². The number of carbonyl (C=O) groups is 1. The standard InChI is InChI=1S/C13H16FNO2/c1-9-11(14)7-15-12(9)13(16)17-8-10-5-3-2-4-6-10/h2-6,9,11-12,15H,7-8H2,1H3. The van der Waals surface area contributed by atoms with Gasteiger partial charge in [0.25, 0.3) is 0 Å². The van der Waals surface area contributed by atoms with Crippen LogP contribution >= 0.6 is 0 Å². The molecule has 1 aromatic carbocycles. The second-order valence-corrected chi connectivity index (χ2v) is 4.35. The molecular formula is C13H16FNO2. The normalized spacial score (nSPS) is 28.0. The van der Waals surface area contributed by atoms with Crippen molar-refractivity contribution in [1.82, 2.24) is 5.32 Å². The topological polar surface area (TPSA) is 38.3 Å². The van der Waals surface area contributed by atoms with E-state index < -0.39 is 12.2 Å². The Morgan fingerprint density at radius 3 is 2.76 bits per heavy atom. The van der Waals surface area contributed by atoms with Gasteiger partial charge in [-0.1, -0.05) is 37.3 Å². The van der Waals surface area contributed by atoms with E-state index >= 15 is 0 Å². The predicted octanol–water partition coefficient (Wildman–Crippen LogP) is 1.68. The zero-order valence-electron chi connectivity index (χ0n) is 9.73. The number of ether oxygens (including phenoxy) is 1. The molecule has 0 radical (unpaired) electrons. The van der Waals surface area contributed by atoms with Gasteiger partial charge in [-0.15, -0.1) is 0 Å². The largest absolute Gasteiger partial charge is 0.460 e. The quantitative estimate of drug-likeness (QED) is 0.813. The van der Waals surface area contributed by atoms with E-state index in [1.54, 1.807) is 6.92 Å². The van der Waals surface area contributed by atoms with E-state index in [4.69, 9.17) is 4.74 Å². The Bertz CT molecular complexity index is 382. The average molecular weight is 237 g/mol. The number of hydrogen-bond donors (Lipinski definition) is 1. The van der Waals surface area contributed by atoms with Gasteiger partial charge in [-0.2, -0.15) is 0 Å². The van der Waals surface area contributed by atoms with Crippen LogP contribution in [0, 0.1) is 5.92 Å². The molecule has 92 valence electrons. The van der Waals surface area contributed by atoms with Crippen molar-refractivity contribution >= 4 is 5.97 Å². The number of alkyl halides is 1. The molecular weight excluding hydrogens is 221 g/mol. The monoisotopic (exact) mass is 237 g/mol. The van der Waals surface area contributed by atoms with Crippen LogP contribution in [-0.4, -0.2) is 24.7 Å². The minimum absolute atomic E-state index is 0.228. The van der Waals surface area contributed by atoms with Gasteiger partial charge in [0.2, 0.25) is 0 Å². The number of hydrogen-bond acceptors (Lipinski definition) is 3. The molecule has 1 saturated heterocycles. The van der Waals surface area contributed by atoms with Gasteiger partial charge in [0.05, 0.1) is 0 Å². The van der Waals surface area contributed by atoms with Gasteiger partial charge >= 0.3 is 5.97 Å². The summed E-state index contributed by atoms with van der Waals surface area (Å²) in [5.41, 5.74) is 0.934. The lowest BCUT2D eigenvalue weighted by molar-refractivity contribution is -0.148. The summed E-state index contributed by atoms with van der Waals surface area (Å²) in [4.78, 5) is 11.7. The second-order valence-electron chi connectivity index (χ2n) is 4.35. The Morgan fingerprint density at radius 1 is 1.47 bits per heavy atom. The van der Waals surface area contributed by atoms with E-state index in [2.05, 4.69) is 5.32 Å². The van der Waals surface area contributed by atoms with Crippen LogP contribution in [-0.2, 0) is 16.1 Å². The van der Waals surface area contributed by atoms with E-state index in [-0.39, 0.29) is 25.0 Å². The summed E-state index contributed by atoms with van der Waals surface area (Å²) in [5.74, 6) is -0.695. The van der Waals surface area contributed by atoms with Crippen LogP contribution in [0.25, 0.3) is 0 Å². The van der Waals surface area contributed by atoms with E-state index in [1.165, 1.54) is 0 Å². The van der Waals surface area contributed by atoms with Gasteiger partial charge in [-0.25, -0.2) is 4.39 Å². The lowest BCUT2D eigenvalue weighted by atomic mass is 10.0. The summed E-state index contributed by atoms with van der Waals surface area (Å²) in [6, 6.07) is 8.93. The number of halogens is 1. The van der Waals surface area contributed by atoms with Crippen molar-refractivity contribution in [3.05, 3.63) is 35.9 Å². The molecule has 0 amide bonds. The molecule has 0 saturated carbocycles. The zero-order valence-corrected chi connectivity index (χ0v) is 9.73. The van der Waals surface area contributed by atoms with Crippen LogP contribution < -0.4 is 5.32 Å². The first-order chi connectivity index (χ1) is 8.18. The minimum atomic E-state index is -0.968. The summed E-state index contributed by atoms with van der Waals surface area (Å²) >= 11 is 0.